The van der Waals surface area contributed by atoms with E-state index >= 15 is 0 Å². The smallest absolute Gasteiger partial charge is 0.146 e. The highest BCUT2D eigenvalue weighted by molar-refractivity contribution is 5.74. The van der Waals surface area contributed by atoms with Crippen LogP contribution in [-0.2, 0) is 4.79 Å². The molecule has 0 amide bonds. The highest BCUT2D eigenvalue weighted by Gasteiger charge is 2.01. The number of allylic oxidation sites excluding steroid dienone is 2. The van der Waals surface area contributed by atoms with Crippen LogP contribution in [0, 0.1) is 5.53 Å². The summed E-state index contributed by atoms with van der Waals surface area (Å²) in [5.41, 5.74) is 7.68. The molecule has 60 valence electrons. The molecule has 11 heavy (non-hydrogen) atoms. The quantitative estimate of drug-likeness (QED) is 0.214. The molecule has 0 bridgehead atoms. The largest absolute Gasteiger partial charge is 0.513 e. The van der Waals surface area contributed by atoms with Gasteiger partial charge in [0.05, 0.1) is 0 Å². The van der Waals surface area contributed by atoms with E-state index in [1.54, 1.807) is 13.8 Å². The fourth-order valence-corrected chi connectivity index (χ4v) is 0.500. The van der Waals surface area contributed by atoms with Gasteiger partial charge in [0.25, 0.3) is 0 Å². The lowest BCUT2D eigenvalue weighted by atomic mass is 10.1. The van der Waals surface area contributed by atoms with Crippen LogP contribution in [-0.4, -0.2) is 11.4 Å². The van der Waals surface area contributed by atoms with Gasteiger partial charge in [0, 0.05) is 0 Å². The summed E-state index contributed by atoms with van der Waals surface area (Å²) in [4.78, 5) is 10.2. The first-order chi connectivity index (χ1) is 5.17. The van der Waals surface area contributed by atoms with Crippen LogP contribution in [0.1, 0.15) is 13.8 Å². The Labute approximate surface area is 64.7 Å². The molecule has 0 aliphatic heterocycles. The lowest BCUT2D eigenvalue weighted by molar-refractivity contribution is -0.104. The molecule has 0 heterocycles. The average molecular weight is 154 g/mol. The molecule has 0 rings (SSSR count). The van der Waals surface area contributed by atoms with E-state index < -0.39 is 0 Å². The average Bonchev–Trinajstić information content (AvgIpc) is 2.05. The summed E-state index contributed by atoms with van der Waals surface area (Å²) in [5, 5.41) is 11.5. The highest BCUT2D eigenvalue weighted by Crippen LogP contribution is 2.12. The monoisotopic (exact) mass is 154 g/mol. The first kappa shape index (κ1) is 9.55. The van der Waals surface area contributed by atoms with E-state index in [2.05, 4.69) is 5.11 Å². The number of carbonyl (C=O) groups excluding carboxylic acids is 1. The molecule has 0 fully saturated rings. The fourth-order valence-electron chi connectivity index (χ4n) is 0.500. The molecule has 0 atom stereocenters. The maximum absolute atomic E-state index is 10.2. The van der Waals surface area contributed by atoms with Gasteiger partial charge in [0.15, 0.2) is 0 Å². The van der Waals surface area contributed by atoms with Gasteiger partial charge >= 0.3 is 0 Å². The Morgan fingerprint density at radius 3 is 2.36 bits per heavy atom. The van der Waals surface area contributed by atoms with Crippen molar-refractivity contribution in [2.75, 3.05) is 0 Å². The minimum Gasteiger partial charge on any atom is -0.513 e. The first-order valence-electron chi connectivity index (χ1n) is 3.02. The molecule has 0 aliphatic rings. The number of carbonyl (C=O) groups is 1. The van der Waals surface area contributed by atoms with Crippen LogP contribution < -0.4 is 0 Å². The van der Waals surface area contributed by atoms with E-state index in [1.165, 1.54) is 0 Å². The van der Waals surface area contributed by atoms with E-state index in [-0.39, 0.29) is 5.70 Å². The van der Waals surface area contributed by atoms with E-state index in [1.807, 2.05) is 0 Å². The Bertz CT molecular complexity index is 229. The van der Waals surface area contributed by atoms with Crippen molar-refractivity contribution in [3.8, 4) is 0 Å². The second kappa shape index (κ2) is 4.38. The van der Waals surface area contributed by atoms with Crippen molar-refractivity contribution in [3.05, 3.63) is 23.1 Å². The fraction of sp³-hybridized carbons (Fsp3) is 0.286. The zero-order chi connectivity index (χ0) is 8.85. The van der Waals surface area contributed by atoms with Crippen LogP contribution in [0.3, 0.4) is 0 Å². The molecule has 0 spiro atoms. The lowest BCUT2D eigenvalue weighted by Crippen LogP contribution is -1.88. The Balaban J connectivity index is 4.85. The number of hydrogen-bond acceptors (Lipinski definition) is 4. The molecule has 4 heteroatoms. The van der Waals surface area contributed by atoms with Crippen LogP contribution in [0.4, 0.5) is 0 Å². The number of aliphatic hydroxyl groups is 1. The summed E-state index contributed by atoms with van der Waals surface area (Å²) in [5.74, 6) is 0. The highest BCUT2D eigenvalue weighted by atomic mass is 16.2. The van der Waals surface area contributed by atoms with Crippen molar-refractivity contribution < 1.29 is 9.90 Å². The summed E-state index contributed by atoms with van der Waals surface area (Å²) in [7, 11) is 0. The Morgan fingerprint density at radius 1 is 1.55 bits per heavy atom. The van der Waals surface area contributed by atoms with Crippen LogP contribution in [0.2, 0.25) is 0 Å². The second-order valence-electron chi connectivity index (χ2n) is 2.05. The third kappa shape index (κ3) is 2.33. The number of rotatable bonds is 3. The topological polar surface area (TPSA) is 73.5 Å². The van der Waals surface area contributed by atoms with E-state index in [0.29, 0.717) is 23.7 Å². The minimum atomic E-state index is 0.106. The first-order valence-corrected chi connectivity index (χ1v) is 3.02. The van der Waals surface area contributed by atoms with Gasteiger partial charge < -0.3 is 5.11 Å². The Kier molecular flexibility index (Phi) is 3.80. The summed E-state index contributed by atoms with van der Waals surface area (Å²) in [6.07, 6.45) is 1.36. The van der Waals surface area contributed by atoms with Gasteiger partial charge in [0.1, 0.15) is 18.2 Å². The normalized spacial score (nSPS) is 13.8. The van der Waals surface area contributed by atoms with Crippen LogP contribution in [0.15, 0.2) is 28.2 Å². The van der Waals surface area contributed by atoms with Gasteiger partial charge in [-0.3, -0.25) is 4.79 Å². The molecule has 0 aromatic carbocycles. The van der Waals surface area contributed by atoms with Crippen molar-refractivity contribution in [2.45, 2.75) is 13.8 Å². The summed E-state index contributed by atoms with van der Waals surface area (Å²) < 4.78 is 0. The number of aliphatic hydroxyl groups excluding tert-OH is 1. The minimum absolute atomic E-state index is 0.106. The number of aldehydes is 1. The van der Waals surface area contributed by atoms with Crippen molar-refractivity contribution in [1.29, 1.82) is 5.53 Å². The number of nitrogens with one attached hydrogen (secondary N) is 1. The lowest BCUT2D eigenvalue weighted by Gasteiger charge is -1.98. The molecule has 0 unspecified atom stereocenters. The molecule has 0 saturated heterocycles. The standard InChI is InChI=1S/C7H10N2O2/c1-5(3-10)6(2)7(4-11)9-8/h3-4,8,11H,1-2H3/b6-5-,7-4-,9-8?. The van der Waals surface area contributed by atoms with Gasteiger partial charge in [-0.15, -0.1) is 0 Å². The van der Waals surface area contributed by atoms with Gasteiger partial charge in [0.2, 0.25) is 0 Å². The van der Waals surface area contributed by atoms with Gasteiger partial charge in [-0.05, 0) is 25.0 Å². The predicted molar refractivity (Wildman–Crippen MR) is 40.3 cm³/mol. The molecule has 0 aliphatic carbocycles. The molecule has 0 aromatic heterocycles. The maximum atomic E-state index is 10.2. The number of hydrogen-bond donors (Lipinski definition) is 2. The van der Waals surface area contributed by atoms with Crippen molar-refractivity contribution in [2.24, 2.45) is 5.11 Å². The van der Waals surface area contributed by atoms with Gasteiger partial charge in [-0.1, -0.05) is 0 Å². The molecule has 0 radical (unpaired) electrons. The van der Waals surface area contributed by atoms with Crippen LogP contribution in [0.25, 0.3) is 0 Å². The van der Waals surface area contributed by atoms with E-state index in [9.17, 15) is 4.79 Å². The predicted octanol–water partition coefficient (Wildman–Crippen LogP) is 1.95. The third-order valence-electron chi connectivity index (χ3n) is 1.40. The second-order valence-corrected chi connectivity index (χ2v) is 2.05. The maximum Gasteiger partial charge on any atom is 0.146 e. The molecular weight excluding hydrogens is 144 g/mol. The molecule has 2 N–H and O–H groups in total. The van der Waals surface area contributed by atoms with Crippen molar-refractivity contribution >= 4 is 6.29 Å². The van der Waals surface area contributed by atoms with Crippen molar-refractivity contribution in [1.82, 2.24) is 0 Å². The SMILES string of the molecule is C/C(C=O)=C(C)/C(=C/O)N=N. The summed E-state index contributed by atoms with van der Waals surface area (Å²) >= 11 is 0. The zero-order valence-electron chi connectivity index (χ0n) is 6.46. The van der Waals surface area contributed by atoms with Crippen LogP contribution >= 0.6 is 0 Å². The third-order valence-corrected chi connectivity index (χ3v) is 1.40. The van der Waals surface area contributed by atoms with E-state index in [0.717, 1.165) is 0 Å². The van der Waals surface area contributed by atoms with Crippen molar-refractivity contribution in [3.63, 3.8) is 0 Å². The molecule has 0 aromatic rings. The zero-order valence-corrected chi connectivity index (χ0v) is 6.46. The number of nitrogens with zero attached hydrogens (tertiary/aromatic N) is 1. The summed E-state index contributed by atoms with van der Waals surface area (Å²) in [6.45, 7) is 3.21. The Hall–Kier alpha value is -1.45. The van der Waals surface area contributed by atoms with Gasteiger partial charge in [-0.2, -0.15) is 5.11 Å². The molecular formula is C7H10N2O2. The molecule has 0 saturated carbocycles. The summed E-state index contributed by atoms with van der Waals surface area (Å²) in [6, 6.07) is 0. The molecule has 4 nitrogen and oxygen atoms in total. The van der Waals surface area contributed by atoms with E-state index in [4.69, 9.17) is 10.6 Å². The van der Waals surface area contributed by atoms with Gasteiger partial charge in [-0.25, -0.2) is 5.53 Å². The Morgan fingerprint density at radius 2 is 2.09 bits per heavy atom. The van der Waals surface area contributed by atoms with Crippen LogP contribution in [0.5, 0.6) is 0 Å².